The summed E-state index contributed by atoms with van der Waals surface area (Å²) in [5, 5.41) is 11.1. The molecule has 32 heavy (non-hydrogen) atoms. The molecule has 0 saturated carbocycles. The van der Waals surface area contributed by atoms with Crippen molar-refractivity contribution in [3.63, 3.8) is 0 Å². The lowest BCUT2D eigenvalue weighted by Crippen LogP contribution is -2.42. The van der Waals surface area contributed by atoms with Gasteiger partial charge in [0.05, 0.1) is 25.4 Å². The van der Waals surface area contributed by atoms with Crippen LogP contribution in [0.5, 0.6) is 5.75 Å². The van der Waals surface area contributed by atoms with Gasteiger partial charge in [-0.2, -0.15) is 0 Å². The van der Waals surface area contributed by atoms with E-state index in [0.29, 0.717) is 55.7 Å². The summed E-state index contributed by atoms with van der Waals surface area (Å²) in [6.45, 7) is 7.93. The summed E-state index contributed by atoms with van der Waals surface area (Å²) in [4.78, 5) is 29.8. The molecule has 0 aliphatic carbocycles. The van der Waals surface area contributed by atoms with E-state index in [1.54, 1.807) is 43.3 Å². The number of amides is 1. The van der Waals surface area contributed by atoms with Gasteiger partial charge >= 0.3 is 0 Å². The van der Waals surface area contributed by atoms with Gasteiger partial charge in [-0.15, -0.1) is 0 Å². The van der Waals surface area contributed by atoms with Crippen molar-refractivity contribution in [3.05, 3.63) is 59.1 Å². The number of ether oxygens (including phenoxy) is 2. The second-order valence-corrected chi connectivity index (χ2v) is 7.86. The fourth-order valence-electron chi connectivity index (χ4n) is 4.14. The first-order chi connectivity index (χ1) is 15.5. The molecule has 2 fully saturated rings. The zero-order chi connectivity index (χ0) is 22.7. The average Bonchev–Trinajstić information content (AvgIpc) is 3.34. The minimum atomic E-state index is -0.791. The molecule has 2 aliphatic heterocycles. The van der Waals surface area contributed by atoms with Gasteiger partial charge in [0.1, 0.15) is 29.1 Å². The molecule has 2 aromatic rings. The number of hydrogen-bond acceptors (Lipinski definition) is 7. The van der Waals surface area contributed by atoms with E-state index in [9.17, 15) is 14.7 Å². The number of carbonyl (C=O) groups is 2. The van der Waals surface area contributed by atoms with E-state index in [2.05, 4.69) is 4.90 Å². The third kappa shape index (κ3) is 4.42. The molecule has 1 amide bonds. The Balaban J connectivity index is 1.71. The number of aryl methyl sites for hydroxylation is 1. The molecule has 2 aliphatic rings. The lowest BCUT2D eigenvalue weighted by Gasteiger charge is -2.30. The molecule has 2 saturated heterocycles. The lowest BCUT2D eigenvalue weighted by atomic mass is 9.99. The fraction of sp³-hybridized carbons (Fsp3) is 0.417. The van der Waals surface area contributed by atoms with Crippen molar-refractivity contribution in [1.82, 2.24) is 9.80 Å². The number of likely N-dealkylation sites (tertiary alicyclic amines) is 1. The molecular formula is C24H28N2O6. The highest BCUT2D eigenvalue weighted by Crippen LogP contribution is 2.40. The third-order valence-electron chi connectivity index (χ3n) is 5.75. The molecular weight excluding hydrogens is 412 g/mol. The second-order valence-electron chi connectivity index (χ2n) is 7.86. The number of morpholine rings is 1. The summed E-state index contributed by atoms with van der Waals surface area (Å²) in [5.74, 6) is 0.0924. The number of carbonyl (C=O) groups excluding carboxylic acids is 2. The van der Waals surface area contributed by atoms with Gasteiger partial charge < -0.3 is 23.9 Å². The van der Waals surface area contributed by atoms with Gasteiger partial charge in [-0.3, -0.25) is 14.5 Å². The number of hydrogen-bond donors (Lipinski definition) is 1. The number of aliphatic hydroxyl groups excluding tert-OH is 1. The normalized spacial score (nSPS) is 21.3. The summed E-state index contributed by atoms with van der Waals surface area (Å²) in [6.07, 6.45) is 0. The molecule has 1 aromatic heterocycles. The minimum Gasteiger partial charge on any atom is -0.507 e. The topological polar surface area (TPSA) is 92.5 Å². The number of ketones is 1. The smallest absolute Gasteiger partial charge is 0.295 e. The van der Waals surface area contributed by atoms with Crippen LogP contribution in [0.1, 0.15) is 30.0 Å². The molecule has 1 aromatic carbocycles. The van der Waals surface area contributed by atoms with Crippen molar-refractivity contribution < 1.29 is 28.6 Å². The quantitative estimate of drug-likeness (QED) is 0.402. The SMILES string of the molecule is CCOc1cccc(/C(O)=C2/C(=O)C(=O)N(CCN3CCOCC3)C2c2ccc(C)o2)c1. The number of benzene rings is 1. The largest absolute Gasteiger partial charge is 0.507 e. The van der Waals surface area contributed by atoms with Crippen LogP contribution in [0.2, 0.25) is 0 Å². The minimum absolute atomic E-state index is 0.0278. The lowest BCUT2D eigenvalue weighted by molar-refractivity contribution is -0.140. The molecule has 0 spiro atoms. The first-order valence-corrected chi connectivity index (χ1v) is 10.9. The van der Waals surface area contributed by atoms with Crippen molar-refractivity contribution in [2.24, 2.45) is 0 Å². The van der Waals surface area contributed by atoms with Gasteiger partial charge in [-0.1, -0.05) is 12.1 Å². The van der Waals surface area contributed by atoms with Crippen LogP contribution >= 0.6 is 0 Å². The Kier molecular flexibility index (Phi) is 6.62. The first-order valence-electron chi connectivity index (χ1n) is 10.9. The highest BCUT2D eigenvalue weighted by molar-refractivity contribution is 6.46. The van der Waals surface area contributed by atoms with Gasteiger partial charge in [0.15, 0.2) is 0 Å². The summed E-state index contributed by atoms with van der Waals surface area (Å²) >= 11 is 0. The first kappa shape index (κ1) is 22.1. The van der Waals surface area contributed by atoms with Gasteiger partial charge in [-0.05, 0) is 38.1 Å². The molecule has 4 rings (SSSR count). The van der Waals surface area contributed by atoms with E-state index < -0.39 is 17.7 Å². The van der Waals surface area contributed by atoms with Gasteiger partial charge in [0.2, 0.25) is 0 Å². The van der Waals surface area contributed by atoms with E-state index in [4.69, 9.17) is 13.9 Å². The van der Waals surface area contributed by atoms with Crippen LogP contribution in [0.15, 0.2) is 46.4 Å². The Bertz CT molecular complexity index is 1020. The number of aliphatic hydroxyl groups is 1. The van der Waals surface area contributed by atoms with Crippen LogP contribution < -0.4 is 4.74 Å². The fourth-order valence-corrected chi connectivity index (χ4v) is 4.14. The van der Waals surface area contributed by atoms with Crippen molar-refractivity contribution >= 4 is 17.4 Å². The van der Waals surface area contributed by atoms with E-state index in [0.717, 1.165) is 13.1 Å². The summed E-state index contributed by atoms with van der Waals surface area (Å²) in [6, 6.07) is 9.59. The molecule has 8 heteroatoms. The zero-order valence-electron chi connectivity index (χ0n) is 18.4. The molecule has 0 bridgehead atoms. The molecule has 1 N–H and O–H groups in total. The maximum absolute atomic E-state index is 13.1. The number of Topliss-reactive ketones (excluding diaryl/α,β-unsaturated/α-hetero) is 1. The molecule has 1 unspecified atom stereocenters. The Labute approximate surface area is 187 Å². The standard InChI is InChI=1S/C24H28N2O6/c1-3-31-18-6-4-5-17(15-18)22(27)20-21(19-8-7-16(2)32-19)26(24(29)23(20)28)10-9-25-11-13-30-14-12-25/h4-8,15,21,27H,3,9-14H2,1-2H3/b22-20-. The zero-order valence-corrected chi connectivity index (χ0v) is 18.4. The summed E-state index contributed by atoms with van der Waals surface area (Å²) in [5.41, 5.74) is 0.440. The van der Waals surface area contributed by atoms with Crippen LogP contribution in [-0.4, -0.2) is 72.6 Å². The van der Waals surface area contributed by atoms with Gasteiger partial charge in [0.25, 0.3) is 11.7 Å². The highest BCUT2D eigenvalue weighted by atomic mass is 16.5. The average molecular weight is 440 g/mol. The molecule has 0 radical (unpaired) electrons. The van der Waals surface area contributed by atoms with E-state index in [-0.39, 0.29) is 11.3 Å². The number of furan rings is 1. The monoisotopic (exact) mass is 440 g/mol. The van der Waals surface area contributed by atoms with Crippen LogP contribution in [0.4, 0.5) is 0 Å². The van der Waals surface area contributed by atoms with E-state index >= 15 is 0 Å². The Morgan fingerprint density at radius 3 is 2.62 bits per heavy atom. The number of rotatable bonds is 7. The van der Waals surface area contributed by atoms with Crippen LogP contribution in [-0.2, 0) is 14.3 Å². The predicted octanol–water partition coefficient (Wildman–Crippen LogP) is 2.74. The van der Waals surface area contributed by atoms with Crippen LogP contribution in [0, 0.1) is 6.92 Å². The second kappa shape index (κ2) is 9.58. The maximum Gasteiger partial charge on any atom is 0.295 e. The van der Waals surface area contributed by atoms with Crippen LogP contribution in [0.25, 0.3) is 5.76 Å². The molecule has 3 heterocycles. The van der Waals surface area contributed by atoms with E-state index in [1.165, 1.54) is 4.90 Å². The molecule has 170 valence electrons. The van der Waals surface area contributed by atoms with Gasteiger partial charge in [-0.25, -0.2) is 0 Å². The Morgan fingerprint density at radius 1 is 1.16 bits per heavy atom. The third-order valence-corrected chi connectivity index (χ3v) is 5.75. The van der Waals surface area contributed by atoms with Crippen molar-refractivity contribution in [2.75, 3.05) is 46.0 Å². The maximum atomic E-state index is 13.1. The summed E-state index contributed by atoms with van der Waals surface area (Å²) in [7, 11) is 0. The molecule has 8 nitrogen and oxygen atoms in total. The van der Waals surface area contributed by atoms with Crippen molar-refractivity contribution in [1.29, 1.82) is 0 Å². The molecule has 1 atom stereocenters. The van der Waals surface area contributed by atoms with Crippen molar-refractivity contribution in [3.8, 4) is 5.75 Å². The van der Waals surface area contributed by atoms with E-state index in [1.807, 2.05) is 6.92 Å². The van der Waals surface area contributed by atoms with Crippen LogP contribution in [0.3, 0.4) is 0 Å². The Hall–Kier alpha value is -3.10. The summed E-state index contributed by atoms with van der Waals surface area (Å²) < 4.78 is 16.7. The Morgan fingerprint density at radius 2 is 1.94 bits per heavy atom. The van der Waals surface area contributed by atoms with Gasteiger partial charge in [0, 0.05) is 31.7 Å². The predicted molar refractivity (Wildman–Crippen MR) is 117 cm³/mol. The number of nitrogens with zero attached hydrogens (tertiary/aromatic N) is 2. The van der Waals surface area contributed by atoms with Crippen molar-refractivity contribution in [2.45, 2.75) is 19.9 Å². The highest BCUT2D eigenvalue weighted by Gasteiger charge is 2.47.